The Hall–Kier alpha value is -3.80. The molecule has 0 bridgehead atoms. The second-order valence-corrected chi connectivity index (χ2v) is 6.52. The van der Waals surface area contributed by atoms with Gasteiger partial charge in [-0.1, -0.05) is 30.3 Å². The minimum Gasteiger partial charge on any atom is -0.489 e. The fraction of sp³-hybridized carbons (Fsp3) is 0.167. The second kappa shape index (κ2) is 10.7. The maximum atomic E-state index is 12.4. The lowest BCUT2D eigenvalue weighted by molar-refractivity contribution is -0.122. The lowest BCUT2D eigenvalue weighted by Crippen LogP contribution is -2.28. The predicted molar refractivity (Wildman–Crippen MR) is 116 cm³/mol. The molecule has 0 heterocycles. The highest BCUT2D eigenvalue weighted by atomic mass is 16.5. The SMILES string of the molecule is CCNC(=O)COc1ccc(NC(=O)c2ccc(OCc3ccccc3)cc2)cc1. The maximum absolute atomic E-state index is 12.4. The molecular weight excluding hydrogens is 380 g/mol. The molecule has 3 aromatic rings. The number of hydrogen-bond donors (Lipinski definition) is 2. The van der Waals surface area contributed by atoms with Gasteiger partial charge in [0.1, 0.15) is 18.1 Å². The zero-order valence-electron chi connectivity index (χ0n) is 16.8. The van der Waals surface area contributed by atoms with Gasteiger partial charge in [-0.3, -0.25) is 9.59 Å². The zero-order valence-corrected chi connectivity index (χ0v) is 16.8. The van der Waals surface area contributed by atoms with Crippen LogP contribution in [-0.2, 0) is 11.4 Å². The van der Waals surface area contributed by atoms with Gasteiger partial charge in [-0.05, 0) is 61.0 Å². The fourth-order valence-electron chi connectivity index (χ4n) is 2.68. The van der Waals surface area contributed by atoms with Gasteiger partial charge in [0.15, 0.2) is 6.61 Å². The molecule has 0 aliphatic rings. The molecule has 0 saturated heterocycles. The Morgan fingerprint density at radius 3 is 2.10 bits per heavy atom. The third-order valence-electron chi connectivity index (χ3n) is 4.22. The van der Waals surface area contributed by atoms with Crippen LogP contribution in [-0.4, -0.2) is 25.0 Å². The summed E-state index contributed by atoms with van der Waals surface area (Å²) in [5, 5.41) is 5.49. The summed E-state index contributed by atoms with van der Waals surface area (Å²) < 4.78 is 11.1. The number of rotatable bonds is 9. The summed E-state index contributed by atoms with van der Waals surface area (Å²) in [6.07, 6.45) is 0. The average Bonchev–Trinajstić information content (AvgIpc) is 2.78. The van der Waals surface area contributed by atoms with Gasteiger partial charge in [0.2, 0.25) is 0 Å². The van der Waals surface area contributed by atoms with E-state index in [1.807, 2.05) is 37.3 Å². The van der Waals surface area contributed by atoms with Gasteiger partial charge in [-0.15, -0.1) is 0 Å². The van der Waals surface area contributed by atoms with Gasteiger partial charge in [0, 0.05) is 17.8 Å². The van der Waals surface area contributed by atoms with E-state index in [1.165, 1.54) is 0 Å². The normalized spacial score (nSPS) is 10.2. The van der Waals surface area contributed by atoms with Crippen molar-refractivity contribution in [3.63, 3.8) is 0 Å². The van der Waals surface area contributed by atoms with Gasteiger partial charge >= 0.3 is 0 Å². The van der Waals surface area contributed by atoms with Crippen molar-refractivity contribution in [2.75, 3.05) is 18.5 Å². The van der Waals surface area contributed by atoms with E-state index in [0.29, 0.717) is 35.9 Å². The molecule has 0 aromatic heterocycles. The summed E-state index contributed by atoms with van der Waals surface area (Å²) in [4.78, 5) is 23.9. The van der Waals surface area contributed by atoms with Crippen molar-refractivity contribution in [1.29, 1.82) is 0 Å². The highest BCUT2D eigenvalue weighted by Gasteiger charge is 2.07. The molecular formula is C24H24N2O4. The Balaban J connectivity index is 1.49. The van der Waals surface area contributed by atoms with Crippen LogP contribution in [0.25, 0.3) is 0 Å². The van der Waals surface area contributed by atoms with Crippen LogP contribution in [0.3, 0.4) is 0 Å². The number of carbonyl (C=O) groups is 2. The van der Waals surface area contributed by atoms with Crippen molar-refractivity contribution in [2.45, 2.75) is 13.5 Å². The van der Waals surface area contributed by atoms with Crippen LogP contribution >= 0.6 is 0 Å². The molecule has 0 saturated carbocycles. The molecule has 0 radical (unpaired) electrons. The first-order valence-electron chi connectivity index (χ1n) is 9.72. The summed E-state index contributed by atoms with van der Waals surface area (Å²) >= 11 is 0. The van der Waals surface area contributed by atoms with Crippen LogP contribution < -0.4 is 20.1 Å². The fourth-order valence-corrected chi connectivity index (χ4v) is 2.68. The number of amides is 2. The van der Waals surface area contributed by atoms with Crippen LogP contribution in [0.2, 0.25) is 0 Å². The topological polar surface area (TPSA) is 76.7 Å². The molecule has 2 amide bonds. The Morgan fingerprint density at radius 1 is 0.800 bits per heavy atom. The first-order chi connectivity index (χ1) is 14.6. The van der Waals surface area contributed by atoms with E-state index >= 15 is 0 Å². The average molecular weight is 404 g/mol. The quantitative estimate of drug-likeness (QED) is 0.565. The summed E-state index contributed by atoms with van der Waals surface area (Å²) in [5.74, 6) is 0.856. The van der Waals surface area contributed by atoms with Crippen LogP contribution in [0, 0.1) is 0 Å². The highest BCUT2D eigenvalue weighted by molar-refractivity contribution is 6.04. The van der Waals surface area contributed by atoms with Crippen molar-refractivity contribution >= 4 is 17.5 Å². The minimum atomic E-state index is -0.222. The highest BCUT2D eigenvalue weighted by Crippen LogP contribution is 2.18. The van der Waals surface area contributed by atoms with Gasteiger partial charge in [-0.25, -0.2) is 0 Å². The molecule has 6 heteroatoms. The van der Waals surface area contributed by atoms with Gasteiger partial charge in [0.05, 0.1) is 0 Å². The third kappa shape index (κ3) is 6.38. The number of ether oxygens (including phenoxy) is 2. The molecule has 154 valence electrons. The Labute approximate surface area is 175 Å². The molecule has 0 fully saturated rings. The van der Waals surface area contributed by atoms with Gasteiger partial charge < -0.3 is 20.1 Å². The summed E-state index contributed by atoms with van der Waals surface area (Å²) in [6, 6.07) is 23.7. The van der Waals surface area contributed by atoms with E-state index in [0.717, 1.165) is 5.56 Å². The molecule has 3 aromatic carbocycles. The van der Waals surface area contributed by atoms with Crippen LogP contribution in [0.15, 0.2) is 78.9 Å². The molecule has 6 nitrogen and oxygen atoms in total. The van der Waals surface area contributed by atoms with Crippen molar-refractivity contribution in [2.24, 2.45) is 0 Å². The molecule has 0 atom stereocenters. The van der Waals surface area contributed by atoms with Crippen molar-refractivity contribution in [3.8, 4) is 11.5 Å². The largest absolute Gasteiger partial charge is 0.489 e. The van der Waals surface area contributed by atoms with Crippen molar-refractivity contribution in [3.05, 3.63) is 90.0 Å². The Bertz CT molecular complexity index is 955. The smallest absolute Gasteiger partial charge is 0.257 e. The first-order valence-corrected chi connectivity index (χ1v) is 9.72. The van der Waals surface area contributed by atoms with Crippen LogP contribution in [0.4, 0.5) is 5.69 Å². The Morgan fingerprint density at radius 2 is 1.43 bits per heavy atom. The molecule has 0 aliphatic carbocycles. The monoisotopic (exact) mass is 404 g/mol. The number of hydrogen-bond acceptors (Lipinski definition) is 4. The molecule has 2 N–H and O–H groups in total. The molecule has 0 unspecified atom stereocenters. The number of anilines is 1. The standard InChI is InChI=1S/C24H24N2O4/c1-2-25-23(27)17-30-22-14-10-20(11-15-22)26-24(28)19-8-12-21(13-9-19)29-16-18-6-4-3-5-7-18/h3-15H,2,16-17H2,1H3,(H,25,27)(H,26,28). The number of carbonyl (C=O) groups excluding carboxylic acids is 2. The molecule has 3 rings (SSSR count). The third-order valence-corrected chi connectivity index (χ3v) is 4.22. The first kappa shape index (κ1) is 20.9. The van der Waals surface area contributed by atoms with E-state index in [-0.39, 0.29) is 18.4 Å². The van der Waals surface area contributed by atoms with E-state index in [2.05, 4.69) is 10.6 Å². The van der Waals surface area contributed by atoms with E-state index < -0.39 is 0 Å². The van der Waals surface area contributed by atoms with Crippen molar-refractivity contribution < 1.29 is 19.1 Å². The van der Waals surface area contributed by atoms with E-state index in [4.69, 9.17) is 9.47 Å². The van der Waals surface area contributed by atoms with E-state index in [1.54, 1.807) is 48.5 Å². The summed E-state index contributed by atoms with van der Waals surface area (Å²) in [5.41, 5.74) is 2.24. The lowest BCUT2D eigenvalue weighted by Gasteiger charge is -2.09. The van der Waals surface area contributed by atoms with Gasteiger partial charge in [-0.2, -0.15) is 0 Å². The summed E-state index contributed by atoms with van der Waals surface area (Å²) in [7, 11) is 0. The maximum Gasteiger partial charge on any atom is 0.257 e. The van der Waals surface area contributed by atoms with Gasteiger partial charge in [0.25, 0.3) is 11.8 Å². The molecule has 30 heavy (non-hydrogen) atoms. The second-order valence-electron chi connectivity index (χ2n) is 6.52. The molecule has 0 spiro atoms. The number of likely N-dealkylation sites (N-methyl/N-ethyl adjacent to an activating group) is 1. The zero-order chi connectivity index (χ0) is 21.2. The Kier molecular flexibility index (Phi) is 7.44. The summed E-state index contributed by atoms with van der Waals surface area (Å²) in [6.45, 7) is 2.84. The lowest BCUT2D eigenvalue weighted by atomic mass is 10.2. The van der Waals surface area contributed by atoms with Crippen molar-refractivity contribution in [1.82, 2.24) is 5.32 Å². The van der Waals surface area contributed by atoms with E-state index in [9.17, 15) is 9.59 Å². The molecule has 0 aliphatic heterocycles. The number of nitrogens with one attached hydrogen (secondary N) is 2. The van der Waals surface area contributed by atoms with Crippen LogP contribution in [0.1, 0.15) is 22.8 Å². The predicted octanol–water partition coefficient (Wildman–Crippen LogP) is 4.03. The number of benzene rings is 3. The van der Waals surface area contributed by atoms with Crippen LogP contribution in [0.5, 0.6) is 11.5 Å². The minimum absolute atomic E-state index is 0.0434.